The van der Waals surface area contributed by atoms with Crippen molar-refractivity contribution in [2.45, 2.75) is 20.3 Å². The van der Waals surface area contributed by atoms with Crippen LogP contribution in [0.3, 0.4) is 0 Å². The summed E-state index contributed by atoms with van der Waals surface area (Å²) in [6, 6.07) is 0. The molecule has 0 fully saturated rings. The van der Waals surface area contributed by atoms with Gasteiger partial charge in [0.1, 0.15) is 0 Å². The predicted octanol–water partition coefficient (Wildman–Crippen LogP) is 2.56. The standard InChI is InChI=1S/C6H9N.C2H4/c1-5-3-4-6(2)7-5;1-2/h3H,4H2,1-2H3;1-2H2. The summed E-state index contributed by atoms with van der Waals surface area (Å²) >= 11 is 0. The lowest BCUT2D eigenvalue weighted by Gasteiger charge is -1.79. The van der Waals surface area contributed by atoms with Gasteiger partial charge < -0.3 is 0 Å². The van der Waals surface area contributed by atoms with E-state index >= 15 is 0 Å². The molecule has 0 aromatic carbocycles. The maximum atomic E-state index is 4.17. The minimum atomic E-state index is 1.06. The molecule has 1 rings (SSSR count). The van der Waals surface area contributed by atoms with E-state index in [9.17, 15) is 0 Å². The maximum Gasteiger partial charge on any atom is 0.0336 e. The second-order valence-corrected chi connectivity index (χ2v) is 1.90. The fourth-order valence-corrected chi connectivity index (χ4v) is 0.688. The lowest BCUT2D eigenvalue weighted by molar-refractivity contribution is 1.33. The number of hydrogen-bond donors (Lipinski definition) is 0. The first-order valence-corrected chi connectivity index (χ1v) is 3.00. The van der Waals surface area contributed by atoms with Crippen molar-refractivity contribution in [1.82, 2.24) is 0 Å². The highest BCUT2D eigenvalue weighted by atomic mass is 14.8. The molecule has 0 bridgehead atoms. The van der Waals surface area contributed by atoms with Crippen molar-refractivity contribution in [1.29, 1.82) is 0 Å². The molecule has 0 saturated carbocycles. The van der Waals surface area contributed by atoms with E-state index in [1.807, 2.05) is 13.8 Å². The largest absolute Gasteiger partial charge is 0.263 e. The van der Waals surface area contributed by atoms with E-state index in [0.29, 0.717) is 0 Å². The molecule has 0 aromatic heterocycles. The van der Waals surface area contributed by atoms with E-state index in [1.54, 1.807) is 0 Å². The lowest BCUT2D eigenvalue weighted by Crippen LogP contribution is -1.78. The van der Waals surface area contributed by atoms with Crippen molar-refractivity contribution in [3.63, 3.8) is 0 Å². The van der Waals surface area contributed by atoms with Crippen LogP contribution in [0.25, 0.3) is 0 Å². The van der Waals surface area contributed by atoms with Gasteiger partial charge in [-0.25, -0.2) is 0 Å². The summed E-state index contributed by atoms with van der Waals surface area (Å²) in [6.45, 7) is 10.1. The molecule has 1 nitrogen and oxygen atoms in total. The molecule has 9 heavy (non-hydrogen) atoms. The number of aliphatic imine (C=N–C) groups is 1. The van der Waals surface area contributed by atoms with Gasteiger partial charge in [0.05, 0.1) is 0 Å². The minimum Gasteiger partial charge on any atom is -0.263 e. The summed E-state index contributed by atoms with van der Waals surface area (Å²) in [6.07, 6.45) is 3.20. The molecule has 0 unspecified atom stereocenters. The van der Waals surface area contributed by atoms with E-state index < -0.39 is 0 Å². The highest BCUT2D eigenvalue weighted by Crippen LogP contribution is 2.07. The zero-order valence-corrected chi connectivity index (χ0v) is 6.15. The zero-order chi connectivity index (χ0) is 7.28. The van der Waals surface area contributed by atoms with Crippen LogP contribution in [0.4, 0.5) is 0 Å². The van der Waals surface area contributed by atoms with Gasteiger partial charge in [0.15, 0.2) is 0 Å². The highest BCUT2D eigenvalue weighted by molar-refractivity contribution is 5.86. The van der Waals surface area contributed by atoms with Gasteiger partial charge in [0, 0.05) is 17.8 Å². The maximum absolute atomic E-state index is 4.17. The number of hydrogen-bond acceptors (Lipinski definition) is 1. The van der Waals surface area contributed by atoms with Crippen LogP contribution in [0.2, 0.25) is 0 Å². The van der Waals surface area contributed by atoms with Gasteiger partial charge in [0.2, 0.25) is 0 Å². The van der Waals surface area contributed by atoms with E-state index in [1.165, 1.54) is 5.71 Å². The Bertz CT molecular complexity index is 143. The van der Waals surface area contributed by atoms with Crippen LogP contribution in [0, 0.1) is 0 Å². The van der Waals surface area contributed by atoms with E-state index in [4.69, 9.17) is 0 Å². The van der Waals surface area contributed by atoms with E-state index in [0.717, 1.165) is 12.1 Å². The van der Waals surface area contributed by atoms with Crippen LogP contribution >= 0.6 is 0 Å². The first-order valence-electron chi connectivity index (χ1n) is 3.00. The van der Waals surface area contributed by atoms with Crippen molar-refractivity contribution in [2.24, 2.45) is 4.99 Å². The van der Waals surface area contributed by atoms with Gasteiger partial charge in [0.25, 0.3) is 0 Å². The third-order valence-corrected chi connectivity index (χ3v) is 1.06. The van der Waals surface area contributed by atoms with Crippen LogP contribution < -0.4 is 0 Å². The van der Waals surface area contributed by atoms with Crippen LogP contribution in [0.15, 0.2) is 29.9 Å². The second kappa shape index (κ2) is 4.07. The summed E-state index contributed by atoms with van der Waals surface area (Å²) in [5.74, 6) is 0. The summed E-state index contributed by atoms with van der Waals surface area (Å²) in [5.41, 5.74) is 2.40. The normalized spacial score (nSPS) is 15.3. The molecule has 0 N–H and O–H groups in total. The monoisotopic (exact) mass is 123 g/mol. The molecule has 50 valence electrons. The average Bonchev–Trinajstić information content (AvgIpc) is 2.20. The fraction of sp³-hybridized carbons (Fsp3) is 0.375. The molecule has 1 heterocycles. The third-order valence-electron chi connectivity index (χ3n) is 1.06. The Kier molecular flexibility index (Phi) is 3.69. The van der Waals surface area contributed by atoms with Gasteiger partial charge in [-0.1, -0.05) is 6.08 Å². The molecule has 1 aliphatic heterocycles. The van der Waals surface area contributed by atoms with Crippen molar-refractivity contribution in [3.05, 3.63) is 24.9 Å². The highest BCUT2D eigenvalue weighted by Gasteiger charge is 1.95. The summed E-state index contributed by atoms with van der Waals surface area (Å²) in [4.78, 5) is 4.17. The SMILES string of the molecule is C=C.CC1=CCC(C)=N1. The molecular formula is C8H13N. The molecule has 0 amide bonds. The van der Waals surface area contributed by atoms with Crippen LogP contribution in [0.5, 0.6) is 0 Å². The Morgan fingerprint density at radius 3 is 2.11 bits per heavy atom. The van der Waals surface area contributed by atoms with Crippen molar-refractivity contribution < 1.29 is 0 Å². The predicted molar refractivity (Wildman–Crippen MR) is 42.7 cm³/mol. The molecule has 1 aliphatic rings. The Labute approximate surface area is 56.8 Å². The molecule has 0 aromatic rings. The number of allylic oxidation sites excluding steroid dienone is 2. The van der Waals surface area contributed by atoms with E-state index in [-0.39, 0.29) is 0 Å². The fourth-order valence-electron chi connectivity index (χ4n) is 0.688. The summed E-state index contributed by atoms with van der Waals surface area (Å²) in [7, 11) is 0. The Hall–Kier alpha value is -0.850. The number of nitrogens with zero attached hydrogens (tertiary/aromatic N) is 1. The van der Waals surface area contributed by atoms with Gasteiger partial charge >= 0.3 is 0 Å². The molecule has 0 radical (unpaired) electrons. The van der Waals surface area contributed by atoms with Gasteiger partial charge in [-0.3, -0.25) is 4.99 Å². The molecular weight excluding hydrogens is 110 g/mol. The molecule has 0 atom stereocenters. The topological polar surface area (TPSA) is 12.4 Å². The van der Waals surface area contributed by atoms with Crippen LogP contribution in [-0.2, 0) is 0 Å². The van der Waals surface area contributed by atoms with Gasteiger partial charge in [-0.2, -0.15) is 0 Å². The van der Waals surface area contributed by atoms with Crippen molar-refractivity contribution in [3.8, 4) is 0 Å². The van der Waals surface area contributed by atoms with Crippen molar-refractivity contribution in [2.75, 3.05) is 0 Å². The summed E-state index contributed by atoms with van der Waals surface area (Å²) < 4.78 is 0. The quantitative estimate of drug-likeness (QED) is 0.439. The van der Waals surface area contributed by atoms with Crippen LogP contribution in [0.1, 0.15) is 20.3 Å². The van der Waals surface area contributed by atoms with Gasteiger partial charge in [-0.15, -0.1) is 13.2 Å². The second-order valence-electron chi connectivity index (χ2n) is 1.90. The molecule has 0 aliphatic carbocycles. The van der Waals surface area contributed by atoms with Crippen LogP contribution in [-0.4, -0.2) is 5.71 Å². The lowest BCUT2D eigenvalue weighted by atomic mass is 10.3. The number of rotatable bonds is 0. The van der Waals surface area contributed by atoms with Gasteiger partial charge in [-0.05, 0) is 13.8 Å². The zero-order valence-electron chi connectivity index (χ0n) is 6.15. The molecule has 0 saturated heterocycles. The Balaban J connectivity index is 0.000000291. The first kappa shape index (κ1) is 8.15. The molecule has 0 spiro atoms. The van der Waals surface area contributed by atoms with Crippen molar-refractivity contribution >= 4 is 5.71 Å². The smallest absolute Gasteiger partial charge is 0.0336 e. The van der Waals surface area contributed by atoms with E-state index in [2.05, 4.69) is 24.2 Å². The Morgan fingerprint density at radius 2 is 2.00 bits per heavy atom. The Morgan fingerprint density at radius 1 is 1.44 bits per heavy atom. The minimum absolute atomic E-state index is 1.06. The third kappa shape index (κ3) is 2.85. The molecule has 1 heteroatoms. The first-order chi connectivity index (χ1) is 4.29. The summed E-state index contributed by atoms with van der Waals surface area (Å²) in [5, 5.41) is 0. The average molecular weight is 123 g/mol.